The van der Waals surface area contributed by atoms with E-state index >= 15 is 0 Å². The summed E-state index contributed by atoms with van der Waals surface area (Å²) in [6, 6.07) is 9.53. The molecular weight excluding hydrogens is 334 g/mol. The van der Waals surface area contributed by atoms with E-state index in [1.54, 1.807) is 6.07 Å². The quantitative estimate of drug-likeness (QED) is 0.712. The van der Waals surface area contributed by atoms with Crippen LogP contribution in [-0.4, -0.2) is 33.5 Å². The molecule has 2 heterocycles. The van der Waals surface area contributed by atoms with Gasteiger partial charge in [-0.1, -0.05) is 24.3 Å². The van der Waals surface area contributed by atoms with Crippen LogP contribution < -0.4 is 11.1 Å². The summed E-state index contributed by atoms with van der Waals surface area (Å²) >= 11 is 0. The molecule has 1 atom stereocenters. The number of hydrogen-bond acceptors (Lipinski definition) is 5. The highest BCUT2D eigenvalue weighted by atomic mass is 16.5. The van der Waals surface area contributed by atoms with Crippen molar-refractivity contribution in [2.45, 2.75) is 19.1 Å². The molecular formula is C18H17N5O3. The molecule has 26 heavy (non-hydrogen) atoms. The molecule has 132 valence electrons. The zero-order chi connectivity index (χ0) is 18.3. The van der Waals surface area contributed by atoms with Gasteiger partial charge in [0.25, 0.3) is 11.8 Å². The number of hydrogen-bond donors (Lipinski definition) is 2. The zero-order valence-electron chi connectivity index (χ0n) is 14.1. The highest BCUT2D eigenvalue weighted by molar-refractivity contribution is 6.01. The molecule has 1 aliphatic carbocycles. The number of primary amides is 1. The lowest BCUT2D eigenvalue weighted by Gasteiger charge is -2.30. The lowest BCUT2D eigenvalue weighted by molar-refractivity contribution is 0.0930. The van der Waals surface area contributed by atoms with E-state index in [2.05, 4.69) is 15.4 Å². The second kappa shape index (κ2) is 6.23. The monoisotopic (exact) mass is 351 g/mol. The van der Waals surface area contributed by atoms with Crippen LogP contribution in [0, 0.1) is 0 Å². The Morgan fingerprint density at radius 3 is 2.88 bits per heavy atom. The number of imidazole rings is 1. The average Bonchev–Trinajstić information content (AvgIpc) is 2.98. The average molecular weight is 351 g/mol. The van der Waals surface area contributed by atoms with Gasteiger partial charge in [-0.3, -0.25) is 9.59 Å². The van der Waals surface area contributed by atoms with E-state index in [0.717, 1.165) is 12.0 Å². The van der Waals surface area contributed by atoms with Gasteiger partial charge in [0, 0.05) is 13.3 Å². The maximum absolute atomic E-state index is 12.8. The van der Waals surface area contributed by atoms with Crippen molar-refractivity contribution in [3.05, 3.63) is 64.6 Å². The molecule has 3 N–H and O–H groups in total. The van der Waals surface area contributed by atoms with Crippen molar-refractivity contribution in [2.24, 2.45) is 5.73 Å². The fraction of sp³-hybridized carbons (Fsp3) is 0.222. The summed E-state index contributed by atoms with van der Waals surface area (Å²) < 4.78 is 6.36. The normalized spacial score (nSPS) is 15.3. The van der Waals surface area contributed by atoms with Crippen molar-refractivity contribution in [1.82, 2.24) is 19.9 Å². The van der Waals surface area contributed by atoms with Gasteiger partial charge in [-0.2, -0.15) is 5.10 Å². The van der Waals surface area contributed by atoms with Crippen molar-refractivity contribution >= 4 is 17.5 Å². The van der Waals surface area contributed by atoms with E-state index in [1.165, 1.54) is 23.4 Å². The number of nitrogens with one attached hydrogen (secondary N) is 1. The maximum Gasteiger partial charge on any atom is 0.269 e. The molecule has 0 bridgehead atoms. The van der Waals surface area contributed by atoms with Crippen molar-refractivity contribution in [1.29, 1.82) is 0 Å². The highest BCUT2D eigenvalue weighted by Crippen LogP contribution is 2.32. The van der Waals surface area contributed by atoms with Crippen molar-refractivity contribution in [3.8, 4) is 0 Å². The number of rotatable bonds is 5. The van der Waals surface area contributed by atoms with Gasteiger partial charge in [-0.25, -0.2) is 9.50 Å². The van der Waals surface area contributed by atoms with Gasteiger partial charge in [0.1, 0.15) is 5.69 Å². The van der Waals surface area contributed by atoms with Gasteiger partial charge in [0.15, 0.2) is 11.3 Å². The van der Waals surface area contributed by atoms with Crippen LogP contribution in [-0.2, 0) is 17.8 Å². The number of carbonyl (C=O) groups is 2. The number of benzene rings is 1. The Morgan fingerprint density at radius 1 is 1.35 bits per heavy atom. The van der Waals surface area contributed by atoms with Gasteiger partial charge >= 0.3 is 0 Å². The van der Waals surface area contributed by atoms with Crippen molar-refractivity contribution < 1.29 is 14.3 Å². The topological polar surface area (TPSA) is 112 Å². The third-order valence-corrected chi connectivity index (χ3v) is 4.51. The molecule has 0 fully saturated rings. The first kappa shape index (κ1) is 16.2. The third kappa shape index (κ3) is 2.51. The predicted molar refractivity (Wildman–Crippen MR) is 92.6 cm³/mol. The van der Waals surface area contributed by atoms with Gasteiger partial charge in [0.05, 0.1) is 18.2 Å². The van der Waals surface area contributed by atoms with Crippen molar-refractivity contribution in [2.75, 3.05) is 7.11 Å². The molecule has 8 heteroatoms. The zero-order valence-corrected chi connectivity index (χ0v) is 14.1. The number of methoxy groups -OCH3 is 1. The number of carbonyl (C=O) groups excluding carboxylic acids is 2. The second-order valence-corrected chi connectivity index (χ2v) is 6.11. The fourth-order valence-electron chi connectivity index (χ4n) is 3.28. The van der Waals surface area contributed by atoms with E-state index in [-0.39, 0.29) is 29.9 Å². The SMILES string of the molecule is COCc1nc2c(C(=O)NC3Cc4ccccc43)ccnn2c1C(N)=O. The van der Waals surface area contributed by atoms with Crippen LogP contribution in [0.4, 0.5) is 0 Å². The molecule has 0 saturated carbocycles. The maximum atomic E-state index is 12.8. The molecule has 8 nitrogen and oxygen atoms in total. The predicted octanol–water partition coefficient (Wildman–Crippen LogP) is 1.00. The molecule has 0 radical (unpaired) electrons. The van der Waals surface area contributed by atoms with E-state index in [1.807, 2.05) is 24.3 Å². The molecule has 2 aromatic heterocycles. The highest BCUT2D eigenvalue weighted by Gasteiger charge is 2.29. The van der Waals surface area contributed by atoms with Crippen LogP contribution in [0.15, 0.2) is 36.5 Å². The van der Waals surface area contributed by atoms with E-state index in [4.69, 9.17) is 10.5 Å². The van der Waals surface area contributed by atoms with Crippen LogP contribution >= 0.6 is 0 Å². The minimum atomic E-state index is -0.678. The smallest absolute Gasteiger partial charge is 0.269 e. The van der Waals surface area contributed by atoms with Crippen LogP contribution in [0.5, 0.6) is 0 Å². The van der Waals surface area contributed by atoms with E-state index < -0.39 is 5.91 Å². The van der Waals surface area contributed by atoms with E-state index in [0.29, 0.717) is 11.3 Å². The number of ether oxygens (including phenoxy) is 1. The Hall–Kier alpha value is -3.26. The molecule has 4 rings (SSSR count). The molecule has 1 unspecified atom stereocenters. The summed E-state index contributed by atoms with van der Waals surface area (Å²) in [4.78, 5) is 28.9. The molecule has 3 aromatic rings. The van der Waals surface area contributed by atoms with Crippen LogP contribution in [0.25, 0.3) is 5.65 Å². The Kier molecular flexibility index (Phi) is 3.89. The van der Waals surface area contributed by atoms with Crippen molar-refractivity contribution in [3.63, 3.8) is 0 Å². The lowest BCUT2D eigenvalue weighted by Crippen LogP contribution is -2.35. The number of nitrogens with zero attached hydrogens (tertiary/aromatic N) is 3. The van der Waals surface area contributed by atoms with E-state index in [9.17, 15) is 9.59 Å². The van der Waals surface area contributed by atoms with Gasteiger partial charge in [-0.15, -0.1) is 0 Å². The summed E-state index contributed by atoms with van der Waals surface area (Å²) in [6.07, 6.45) is 2.24. The fourth-order valence-corrected chi connectivity index (χ4v) is 3.28. The minimum Gasteiger partial charge on any atom is -0.378 e. The number of nitrogens with two attached hydrogens (primary N) is 1. The van der Waals surface area contributed by atoms with Gasteiger partial charge < -0.3 is 15.8 Å². The van der Waals surface area contributed by atoms with Gasteiger partial charge in [0.2, 0.25) is 0 Å². The number of amides is 2. The molecule has 1 aliphatic rings. The molecule has 1 aromatic carbocycles. The first-order chi connectivity index (χ1) is 12.6. The number of aromatic nitrogens is 3. The molecule has 0 saturated heterocycles. The summed E-state index contributed by atoms with van der Waals surface area (Å²) in [5.74, 6) is -0.954. The van der Waals surface area contributed by atoms with Crippen LogP contribution in [0.1, 0.15) is 43.7 Å². The Bertz CT molecular complexity index is 1030. The molecule has 0 aliphatic heterocycles. The first-order valence-corrected chi connectivity index (χ1v) is 8.14. The summed E-state index contributed by atoms with van der Waals surface area (Å²) in [7, 11) is 1.49. The van der Waals surface area contributed by atoms with Crippen LogP contribution in [0.2, 0.25) is 0 Å². The molecule has 2 amide bonds. The molecule has 0 spiro atoms. The summed E-state index contributed by atoms with van der Waals surface area (Å²) in [5, 5.41) is 7.12. The summed E-state index contributed by atoms with van der Waals surface area (Å²) in [6.45, 7) is 0.0959. The Morgan fingerprint density at radius 2 is 2.15 bits per heavy atom. The Labute approximate surface area is 149 Å². The lowest BCUT2D eigenvalue weighted by atomic mass is 9.83. The second-order valence-electron chi connectivity index (χ2n) is 6.11. The largest absolute Gasteiger partial charge is 0.378 e. The minimum absolute atomic E-state index is 0.0315. The standard InChI is InChI=1S/C18H17N5O3/c1-26-9-14-15(16(19)24)23-17(21-14)12(6-7-20-23)18(25)22-13-8-10-4-2-3-5-11(10)13/h2-7,13H,8-9H2,1H3,(H2,19,24)(H,22,25). The third-order valence-electron chi connectivity index (χ3n) is 4.51. The first-order valence-electron chi connectivity index (χ1n) is 8.14. The Balaban J connectivity index is 1.69. The van der Waals surface area contributed by atoms with Gasteiger partial charge in [-0.05, 0) is 23.6 Å². The summed E-state index contributed by atoms with van der Waals surface area (Å²) in [5.41, 5.74) is 8.87. The van der Waals surface area contributed by atoms with Crippen LogP contribution in [0.3, 0.4) is 0 Å². The number of fused-ring (bicyclic) bond motifs is 2.